The summed E-state index contributed by atoms with van der Waals surface area (Å²) in [6.07, 6.45) is 1.63. The van der Waals surface area contributed by atoms with Gasteiger partial charge in [-0.05, 0) is 36.4 Å². The molecule has 21 heavy (non-hydrogen) atoms. The zero-order valence-corrected chi connectivity index (χ0v) is 11.8. The van der Waals surface area contributed by atoms with Crippen molar-refractivity contribution in [3.63, 3.8) is 0 Å². The topological polar surface area (TPSA) is 63.8 Å². The van der Waals surface area contributed by atoms with Crippen LogP contribution in [-0.2, 0) is 4.74 Å². The van der Waals surface area contributed by atoms with Crippen molar-refractivity contribution in [3.05, 3.63) is 53.3 Å². The van der Waals surface area contributed by atoms with Crippen LogP contribution in [0.25, 0.3) is 16.9 Å². The van der Waals surface area contributed by atoms with Crippen LogP contribution < -0.4 is 0 Å². The zero-order chi connectivity index (χ0) is 15.0. The summed E-state index contributed by atoms with van der Waals surface area (Å²) >= 11 is 6.13. The van der Waals surface area contributed by atoms with E-state index < -0.39 is 5.97 Å². The molecule has 0 amide bonds. The fraction of sp³-hybridized carbons (Fsp3) is 0.0667. The summed E-state index contributed by atoms with van der Waals surface area (Å²) in [5.74, 6) is 0.320. The van der Waals surface area contributed by atoms with Crippen molar-refractivity contribution >= 4 is 23.1 Å². The van der Waals surface area contributed by atoms with Crippen LogP contribution in [0.3, 0.4) is 0 Å². The lowest BCUT2D eigenvalue weighted by Gasteiger charge is -2.04. The maximum atomic E-state index is 11.6. The summed E-state index contributed by atoms with van der Waals surface area (Å²) in [7, 11) is 1.33. The summed E-state index contributed by atoms with van der Waals surface area (Å²) in [4.78, 5) is 15.9. The average molecular weight is 303 g/mol. The number of carbonyl (C=O) groups excluding carboxylic acids is 1. The molecule has 0 aliphatic rings. The highest BCUT2D eigenvalue weighted by molar-refractivity contribution is 6.33. The fourth-order valence-electron chi connectivity index (χ4n) is 2.10. The Kier molecular flexibility index (Phi) is 3.27. The molecule has 0 spiro atoms. The number of phenols is 1. The first kappa shape index (κ1) is 13.5. The minimum absolute atomic E-state index is 0.168. The number of phenolic OH excluding ortho intramolecular Hbond substituents is 1. The number of aromatic hydroxyl groups is 1. The maximum Gasteiger partial charge on any atom is 0.339 e. The molecular formula is C15H11ClN2O3. The summed E-state index contributed by atoms with van der Waals surface area (Å²) < 4.78 is 6.44. The number of ether oxygens (including phenoxy) is 1. The van der Waals surface area contributed by atoms with Gasteiger partial charge in [-0.25, -0.2) is 9.78 Å². The molecule has 1 aromatic carbocycles. The van der Waals surface area contributed by atoms with Gasteiger partial charge in [-0.1, -0.05) is 11.6 Å². The molecule has 0 aliphatic heterocycles. The monoisotopic (exact) mass is 302 g/mol. The summed E-state index contributed by atoms with van der Waals surface area (Å²) in [6, 6.07) is 9.93. The lowest BCUT2D eigenvalue weighted by Crippen LogP contribution is -2.03. The third-order valence-corrected chi connectivity index (χ3v) is 3.42. The van der Waals surface area contributed by atoms with E-state index in [1.165, 1.54) is 7.11 Å². The molecule has 6 heteroatoms. The Bertz CT molecular complexity index is 825. The van der Waals surface area contributed by atoms with Crippen LogP contribution >= 0.6 is 11.6 Å². The second kappa shape index (κ2) is 5.10. The van der Waals surface area contributed by atoms with Gasteiger partial charge in [0.05, 0.1) is 18.2 Å². The summed E-state index contributed by atoms with van der Waals surface area (Å²) in [5, 5.41) is 9.70. The number of nitrogens with zero attached hydrogens (tertiary/aromatic N) is 2. The molecule has 0 fully saturated rings. The molecule has 0 atom stereocenters. The first-order valence-electron chi connectivity index (χ1n) is 6.15. The predicted octanol–water partition coefficient (Wildman–Crippen LogP) is 3.15. The Hall–Kier alpha value is -2.53. The second-order valence-corrected chi connectivity index (χ2v) is 4.80. The van der Waals surface area contributed by atoms with Gasteiger partial charge in [-0.15, -0.1) is 0 Å². The van der Waals surface area contributed by atoms with E-state index in [0.717, 1.165) is 5.56 Å². The number of carbonyl (C=O) groups is 1. The van der Waals surface area contributed by atoms with Gasteiger partial charge >= 0.3 is 5.97 Å². The number of aromatic nitrogens is 2. The van der Waals surface area contributed by atoms with E-state index in [0.29, 0.717) is 22.1 Å². The normalized spacial score (nSPS) is 10.8. The van der Waals surface area contributed by atoms with Gasteiger partial charge < -0.3 is 9.84 Å². The molecule has 0 bridgehead atoms. The number of imidazole rings is 1. The number of methoxy groups -OCH3 is 1. The molecule has 2 heterocycles. The molecule has 0 saturated heterocycles. The second-order valence-electron chi connectivity index (χ2n) is 4.44. The lowest BCUT2D eigenvalue weighted by atomic mass is 10.2. The number of pyridine rings is 1. The number of hydrogen-bond acceptors (Lipinski definition) is 4. The van der Waals surface area contributed by atoms with Crippen LogP contribution in [0.5, 0.6) is 5.75 Å². The minimum Gasteiger partial charge on any atom is -0.508 e. The van der Waals surface area contributed by atoms with Crippen molar-refractivity contribution in [1.29, 1.82) is 0 Å². The Morgan fingerprint density at radius 1 is 1.24 bits per heavy atom. The quantitative estimate of drug-likeness (QED) is 0.739. The van der Waals surface area contributed by atoms with E-state index in [2.05, 4.69) is 4.98 Å². The number of esters is 1. The van der Waals surface area contributed by atoms with Gasteiger partial charge in [0.15, 0.2) is 5.15 Å². The minimum atomic E-state index is -0.432. The van der Waals surface area contributed by atoms with Crippen LogP contribution in [0, 0.1) is 0 Å². The van der Waals surface area contributed by atoms with Crippen molar-refractivity contribution in [2.75, 3.05) is 7.11 Å². The predicted molar refractivity (Wildman–Crippen MR) is 78.6 cm³/mol. The Morgan fingerprint density at radius 3 is 2.62 bits per heavy atom. The lowest BCUT2D eigenvalue weighted by molar-refractivity contribution is 0.0600. The van der Waals surface area contributed by atoms with E-state index in [9.17, 15) is 9.90 Å². The molecule has 106 valence electrons. The first-order valence-corrected chi connectivity index (χ1v) is 6.53. The van der Waals surface area contributed by atoms with Gasteiger partial charge in [0.25, 0.3) is 0 Å². The highest BCUT2D eigenvalue weighted by atomic mass is 35.5. The Labute approximate surface area is 125 Å². The average Bonchev–Trinajstić information content (AvgIpc) is 2.84. The van der Waals surface area contributed by atoms with Crippen LogP contribution in [-0.4, -0.2) is 27.6 Å². The van der Waals surface area contributed by atoms with Gasteiger partial charge in [0.2, 0.25) is 0 Å². The molecule has 1 N–H and O–H groups in total. The van der Waals surface area contributed by atoms with Crippen LogP contribution in [0.1, 0.15) is 10.4 Å². The Morgan fingerprint density at radius 2 is 1.95 bits per heavy atom. The molecule has 3 rings (SSSR count). The molecule has 0 aliphatic carbocycles. The molecular weight excluding hydrogens is 292 g/mol. The molecule has 2 aromatic heterocycles. The van der Waals surface area contributed by atoms with Gasteiger partial charge in [0.1, 0.15) is 11.6 Å². The molecule has 0 saturated carbocycles. The third kappa shape index (κ3) is 2.32. The van der Waals surface area contributed by atoms with Crippen molar-refractivity contribution in [1.82, 2.24) is 9.38 Å². The van der Waals surface area contributed by atoms with Crippen LogP contribution in [0.15, 0.2) is 42.6 Å². The van der Waals surface area contributed by atoms with Crippen molar-refractivity contribution in [3.8, 4) is 17.1 Å². The first-order chi connectivity index (χ1) is 10.1. The number of halogens is 1. The van der Waals surface area contributed by atoms with Gasteiger partial charge in [0, 0.05) is 11.8 Å². The third-order valence-electron chi connectivity index (χ3n) is 3.14. The van der Waals surface area contributed by atoms with Crippen molar-refractivity contribution < 1.29 is 14.6 Å². The van der Waals surface area contributed by atoms with E-state index in [1.807, 2.05) is 0 Å². The zero-order valence-electron chi connectivity index (χ0n) is 11.1. The standard InChI is InChI=1S/C15H11ClN2O3/c1-21-15(20)10-4-7-12-13(16)17-14(18(12)8-10)9-2-5-11(19)6-3-9/h2-8,19H,1H3. The Balaban J connectivity index is 2.22. The fourth-order valence-corrected chi connectivity index (χ4v) is 2.34. The van der Waals surface area contributed by atoms with E-state index in [1.54, 1.807) is 47.0 Å². The molecule has 5 nitrogen and oxygen atoms in total. The number of fused-ring (bicyclic) bond motifs is 1. The van der Waals surface area contributed by atoms with Crippen molar-refractivity contribution in [2.45, 2.75) is 0 Å². The highest BCUT2D eigenvalue weighted by Crippen LogP contribution is 2.27. The molecule has 0 radical (unpaired) electrons. The highest BCUT2D eigenvalue weighted by Gasteiger charge is 2.14. The molecule has 0 unspecified atom stereocenters. The van der Waals surface area contributed by atoms with Crippen LogP contribution in [0.4, 0.5) is 0 Å². The SMILES string of the molecule is COC(=O)c1ccc2c(Cl)nc(-c3ccc(O)cc3)n2c1. The number of benzene rings is 1. The maximum absolute atomic E-state index is 11.6. The van der Waals surface area contributed by atoms with E-state index in [4.69, 9.17) is 16.3 Å². The number of hydrogen-bond donors (Lipinski definition) is 1. The summed E-state index contributed by atoms with van der Waals surface area (Å²) in [6.45, 7) is 0. The van der Waals surface area contributed by atoms with E-state index >= 15 is 0 Å². The summed E-state index contributed by atoms with van der Waals surface area (Å²) in [5.41, 5.74) is 1.86. The largest absolute Gasteiger partial charge is 0.508 e. The number of rotatable bonds is 2. The molecule has 3 aromatic rings. The van der Waals surface area contributed by atoms with Gasteiger partial charge in [-0.2, -0.15) is 0 Å². The van der Waals surface area contributed by atoms with Crippen LogP contribution in [0.2, 0.25) is 5.15 Å². The smallest absolute Gasteiger partial charge is 0.339 e. The van der Waals surface area contributed by atoms with Crippen molar-refractivity contribution in [2.24, 2.45) is 0 Å². The van der Waals surface area contributed by atoms with E-state index in [-0.39, 0.29) is 5.75 Å². The van der Waals surface area contributed by atoms with Gasteiger partial charge in [-0.3, -0.25) is 4.40 Å².